The van der Waals surface area contributed by atoms with Gasteiger partial charge in [-0.25, -0.2) is 0 Å². The van der Waals surface area contributed by atoms with E-state index in [0.717, 1.165) is 27.1 Å². The molecular formula is C50H32O2. The van der Waals surface area contributed by atoms with Gasteiger partial charge in [0.25, 0.3) is 0 Å². The summed E-state index contributed by atoms with van der Waals surface area (Å²) in [5, 5.41) is 33.5. The largest absolute Gasteiger partial charge is 0.508 e. The van der Waals surface area contributed by atoms with Crippen molar-refractivity contribution in [3.8, 4) is 22.6 Å². The summed E-state index contributed by atoms with van der Waals surface area (Å²) in [6.45, 7) is 0. The average Bonchev–Trinajstić information content (AvgIpc) is 3.49. The van der Waals surface area contributed by atoms with E-state index in [-0.39, 0.29) is 5.75 Å². The molecule has 0 aromatic heterocycles. The van der Waals surface area contributed by atoms with Crippen molar-refractivity contribution in [2.24, 2.45) is 0 Å². The first-order chi connectivity index (χ1) is 25.6. The normalized spacial score (nSPS) is 13.4. The van der Waals surface area contributed by atoms with Crippen LogP contribution < -0.4 is 0 Å². The van der Waals surface area contributed by atoms with Crippen LogP contribution in [0.15, 0.2) is 170 Å². The summed E-state index contributed by atoms with van der Waals surface area (Å²) in [6.07, 6.45) is 0.612. The van der Waals surface area contributed by atoms with Crippen LogP contribution in [-0.2, 0) is 11.8 Å². The predicted molar refractivity (Wildman–Crippen MR) is 215 cm³/mol. The van der Waals surface area contributed by atoms with Crippen LogP contribution in [0.3, 0.4) is 0 Å². The Morgan fingerprint density at radius 1 is 0.404 bits per heavy atom. The molecule has 0 amide bonds. The molecule has 0 saturated heterocycles. The van der Waals surface area contributed by atoms with Gasteiger partial charge in [-0.05, 0) is 123 Å². The van der Waals surface area contributed by atoms with E-state index in [9.17, 15) is 10.2 Å². The zero-order valence-corrected chi connectivity index (χ0v) is 28.3. The van der Waals surface area contributed by atoms with Crippen molar-refractivity contribution in [2.75, 3.05) is 0 Å². The topological polar surface area (TPSA) is 40.5 Å². The third kappa shape index (κ3) is 3.95. The lowest BCUT2D eigenvalue weighted by Gasteiger charge is -2.34. The lowest BCUT2D eigenvalue weighted by Crippen LogP contribution is -2.28. The van der Waals surface area contributed by atoms with Crippen molar-refractivity contribution in [1.29, 1.82) is 0 Å². The number of phenols is 2. The molecule has 10 aromatic rings. The lowest BCUT2D eigenvalue weighted by atomic mass is 9.67. The first-order valence-corrected chi connectivity index (χ1v) is 17.9. The molecule has 0 atom stereocenters. The summed E-state index contributed by atoms with van der Waals surface area (Å²) < 4.78 is 0. The molecule has 2 N–H and O–H groups in total. The average molecular weight is 665 g/mol. The highest BCUT2D eigenvalue weighted by Crippen LogP contribution is 2.56. The van der Waals surface area contributed by atoms with Crippen LogP contribution in [0.5, 0.6) is 11.5 Å². The molecule has 2 heteroatoms. The zero-order valence-electron chi connectivity index (χ0n) is 28.3. The Kier molecular flexibility index (Phi) is 5.98. The minimum atomic E-state index is -0.574. The van der Waals surface area contributed by atoms with Crippen molar-refractivity contribution in [3.63, 3.8) is 0 Å². The number of hydrogen-bond acceptors (Lipinski definition) is 2. The van der Waals surface area contributed by atoms with Crippen molar-refractivity contribution in [2.45, 2.75) is 11.8 Å². The van der Waals surface area contributed by atoms with E-state index in [1.54, 1.807) is 6.07 Å². The second kappa shape index (κ2) is 10.7. The molecule has 0 aliphatic heterocycles. The number of phenolic OH excluding ortho intramolecular Hbond substituents is 2. The molecule has 0 bridgehead atoms. The van der Waals surface area contributed by atoms with Gasteiger partial charge in [0.2, 0.25) is 0 Å². The Bertz CT molecular complexity index is 3030. The monoisotopic (exact) mass is 664 g/mol. The van der Waals surface area contributed by atoms with Crippen molar-refractivity contribution >= 4 is 53.9 Å². The summed E-state index contributed by atoms with van der Waals surface area (Å²) >= 11 is 0. The van der Waals surface area contributed by atoms with Gasteiger partial charge in [-0.2, -0.15) is 0 Å². The van der Waals surface area contributed by atoms with Gasteiger partial charge in [-0.3, -0.25) is 0 Å². The van der Waals surface area contributed by atoms with Crippen LogP contribution in [-0.4, -0.2) is 10.2 Å². The minimum absolute atomic E-state index is 0.266. The highest BCUT2D eigenvalue weighted by molar-refractivity contribution is 6.23. The van der Waals surface area contributed by atoms with Gasteiger partial charge in [-0.1, -0.05) is 140 Å². The molecule has 52 heavy (non-hydrogen) atoms. The first-order valence-electron chi connectivity index (χ1n) is 17.9. The summed E-state index contributed by atoms with van der Waals surface area (Å²) in [5.74, 6) is 0.580. The van der Waals surface area contributed by atoms with E-state index in [2.05, 4.69) is 146 Å². The fourth-order valence-electron chi connectivity index (χ4n) is 9.47. The highest BCUT2D eigenvalue weighted by atomic mass is 16.3. The summed E-state index contributed by atoms with van der Waals surface area (Å²) in [4.78, 5) is 0. The quantitative estimate of drug-likeness (QED) is 0.184. The van der Waals surface area contributed by atoms with Gasteiger partial charge in [0.15, 0.2) is 0 Å². The number of fused-ring (bicyclic) bond motifs is 5. The minimum Gasteiger partial charge on any atom is -0.508 e. The molecule has 10 aromatic carbocycles. The predicted octanol–water partition coefficient (Wildman–Crippen LogP) is 12.3. The maximum absolute atomic E-state index is 11.5. The molecule has 0 unspecified atom stereocenters. The van der Waals surface area contributed by atoms with E-state index in [1.807, 2.05) is 18.2 Å². The first kappa shape index (κ1) is 29.1. The Balaban J connectivity index is 1.14. The van der Waals surface area contributed by atoms with Crippen molar-refractivity contribution < 1.29 is 10.2 Å². The second-order valence-electron chi connectivity index (χ2n) is 14.3. The molecule has 0 saturated carbocycles. The highest BCUT2D eigenvalue weighted by Gasteiger charge is 2.46. The van der Waals surface area contributed by atoms with Gasteiger partial charge >= 0.3 is 0 Å². The summed E-state index contributed by atoms with van der Waals surface area (Å²) in [7, 11) is 0. The maximum atomic E-state index is 11.5. The van der Waals surface area contributed by atoms with Crippen molar-refractivity contribution in [3.05, 3.63) is 203 Å². The Morgan fingerprint density at radius 2 is 1.00 bits per heavy atom. The smallest absolute Gasteiger partial charge is 0.119 e. The standard InChI is InChI=1S/C50H32O2/c51-39-22-18-32-26-37(20-17-33(32)28-39)50(45-13-3-1-10-42(45)43-11-2-4-14-46(43)50)38-21-23-40-34(27-38)19-24-47(52)44(40)29-36-25-35-9-5-7-30-15-16-31-8-6-12-41(36)49(31)48(30)35/h1-28,51-52H,29H2. The Hall–Kier alpha value is -6.64. The third-order valence-corrected chi connectivity index (χ3v) is 11.7. The summed E-state index contributed by atoms with van der Waals surface area (Å²) in [5.41, 5.74) is 8.90. The van der Waals surface area contributed by atoms with Gasteiger partial charge in [-0.15, -0.1) is 0 Å². The fourth-order valence-corrected chi connectivity index (χ4v) is 9.47. The fraction of sp³-hybridized carbons (Fsp3) is 0.0400. The number of hydrogen-bond donors (Lipinski definition) is 2. The van der Waals surface area contributed by atoms with E-state index in [1.165, 1.54) is 71.3 Å². The molecule has 0 fully saturated rings. The summed E-state index contributed by atoms with van der Waals surface area (Å²) in [6, 6.07) is 60.4. The molecule has 1 aliphatic carbocycles. The second-order valence-corrected chi connectivity index (χ2v) is 14.3. The van der Waals surface area contributed by atoms with E-state index >= 15 is 0 Å². The van der Waals surface area contributed by atoms with E-state index in [0.29, 0.717) is 12.2 Å². The zero-order chi connectivity index (χ0) is 34.6. The third-order valence-electron chi connectivity index (χ3n) is 11.7. The molecule has 0 heterocycles. The van der Waals surface area contributed by atoms with Gasteiger partial charge < -0.3 is 10.2 Å². The maximum Gasteiger partial charge on any atom is 0.119 e. The molecule has 11 rings (SSSR count). The Morgan fingerprint density at radius 3 is 1.79 bits per heavy atom. The number of rotatable bonds is 4. The van der Waals surface area contributed by atoms with Crippen LogP contribution in [0.25, 0.3) is 65.0 Å². The van der Waals surface area contributed by atoms with Crippen LogP contribution in [0, 0.1) is 0 Å². The molecule has 244 valence electrons. The van der Waals surface area contributed by atoms with Crippen molar-refractivity contribution in [1.82, 2.24) is 0 Å². The molecular weight excluding hydrogens is 633 g/mol. The van der Waals surface area contributed by atoms with E-state index < -0.39 is 5.41 Å². The molecule has 2 nitrogen and oxygen atoms in total. The van der Waals surface area contributed by atoms with Gasteiger partial charge in [0.1, 0.15) is 11.5 Å². The Labute approximate surface area is 300 Å². The van der Waals surface area contributed by atoms with Crippen LogP contribution in [0.1, 0.15) is 33.4 Å². The number of benzene rings is 10. The van der Waals surface area contributed by atoms with Crippen LogP contribution >= 0.6 is 0 Å². The van der Waals surface area contributed by atoms with Gasteiger partial charge in [0.05, 0.1) is 5.41 Å². The molecule has 0 radical (unpaired) electrons. The molecule has 1 aliphatic rings. The number of aromatic hydroxyl groups is 2. The van der Waals surface area contributed by atoms with E-state index in [4.69, 9.17) is 0 Å². The van der Waals surface area contributed by atoms with Gasteiger partial charge in [0, 0.05) is 12.0 Å². The molecule has 0 spiro atoms. The van der Waals surface area contributed by atoms with Crippen LogP contribution in [0.2, 0.25) is 0 Å². The lowest BCUT2D eigenvalue weighted by molar-refractivity contribution is 0.470. The van der Waals surface area contributed by atoms with Crippen LogP contribution in [0.4, 0.5) is 0 Å². The SMILES string of the molecule is Oc1ccc2cc(C3(c4ccc5c(Cc6cc7cccc8ccc9cccc6c9c87)c(O)ccc5c4)c4ccccc4-c4ccccc43)ccc2c1.